The molecule has 7 nitrogen and oxygen atoms in total. The summed E-state index contributed by atoms with van der Waals surface area (Å²) < 4.78 is 0. The van der Waals surface area contributed by atoms with Gasteiger partial charge in [-0.05, 0) is 46.8 Å². The van der Waals surface area contributed by atoms with E-state index in [9.17, 15) is 14.9 Å². The van der Waals surface area contributed by atoms with Crippen LogP contribution in [-0.4, -0.2) is 48.7 Å². The SMILES string of the molecule is CN1CCC(NC(=O)C(C)(C)CO[N+](=O)[O-])CC1. The van der Waals surface area contributed by atoms with Gasteiger partial charge in [0, 0.05) is 6.04 Å². The van der Waals surface area contributed by atoms with Gasteiger partial charge in [-0.3, -0.25) is 4.79 Å². The molecule has 0 aliphatic carbocycles. The molecule has 0 atom stereocenters. The quantitative estimate of drug-likeness (QED) is 0.571. The van der Waals surface area contributed by atoms with Crippen LogP contribution >= 0.6 is 0 Å². The lowest BCUT2D eigenvalue weighted by molar-refractivity contribution is -0.760. The van der Waals surface area contributed by atoms with Gasteiger partial charge in [-0.15, -0.1) is 10.1 Å². The number of carbonyl (C=O) groups excluding carboxylic acids is 1. The molecule has 104 valence electrons. The molecule has 1 saturated heterocycles. The summed E-state index contributed by atoms with van der Waals surface area (Å²) in [5, 5.41) is 12.2. The Hall–Kier alpha value is -1.37. The van der Waals surface area contributed by atoms with Gasteiger partial charge < -0.3 is 15.1 Å². The molecular formula is C11H21N3O4. The minimum absolute atomic E-state index is 0.156. The smallest absolute Gasteiger partial charge is 0.294 e. The predicted molar refractivity (Wildman–Crippen MR) is 65.4 cm³/mol. The minimum Gasteiger partial charge on any atom is -0.353 e. The van der Waals surface area contributed by atoms with Crippen molar-refractivity contribution in [2.45, 2.75) is 32.7 Å². The Labute approximate surface area is 107 Å². The molecule has 0 aromatic heterocycles. The zero-order valence-electron chi connectivity index (χ0n) is 11.1. The van der Waals surface area contributed by atoms with Crippen LogP contribution in [0.3, 0.4) is 0 Å². The molecule has 0 bridgehead atoms. The largest absolute Gasteiger partial charge is 0.353 e. The van der Waals surface area contributed by atoms with Gasteiger partial charge in [-0.2, -0.15) is 0 Å². The van der Waals surface area contributed by atoms with Gasteiger partial charge in [0.1, 0.15) is 6.61 Å². The molecule has 1 N–H and O–H groups in total. The Morgan fingerprint density at radius 1 is 1.50 bits per heavy atom. The number of piperidine rings is 1. The second-order valence-electron chi connectivity index (χ2n) is 5.43. The van der Waals surface area contributed by atoms with Crippen molar-refractivity contribution < 1.29 is 14.7 Å². The van der Waals surface area contributed by atoms with Gasteiger partial charge in [0.25, 0.3) is 5.09 Å². The second kappa shape index (κ2) is 5.99. The van der Waals surface area contributed by atoms with E-state index in [0.29, 0.717) is 0 Å². The first-order chi connectivity index (χ1) is 8.31. The Balaban J connectivity index is 2.41. The number of carbonyl (C=O) groups is 1. The summed E-state index contributed by atoms with van der Waals surface area (Å²) in [6.07, 6.45) is 1.82. The van der Waals surface area contributed by atoms with E-state index in [-0.39, 0.29) is 18.6 Å². The van der Waals surface area contributed by atoms with Crippen LogP contribution in [0.5, 0.6) is 0 Å². The van der Waals surface area contributed by atoms with Crippen molar-refractivity contribution in [1.29, 1.82) is 0 Å². The fourth-order valence-corrected chi connectivity index (χ4v) is 1.81. The molecule has 7 heteroatoms. The zero-order chi connectivity index (χ0) is 13.8. The molecule has 1 aliphatic rings. The van der Waals surface area contributed by atoms with E-state index in [1.54, 1.807) is 13.8 Å². The summed E-state index contributed by atoms with van der Waals surface area (Å²) in [4.78, 5) is 28.6. The molecule has 18 heavy (non-hydrogen) atoms. The van der Waals surface area contributed by atoms with Crippen LogP contribution in [0.15, 0.2) is 0 Å². The van der Waals surface area contributed by atoms with Crippen LogP contribution < -0.4 is 5.32 Å². The minimum atomic E-state index is -0.892. The van der Waals surface area contributed by atoms with E-state index in [2.05, 4.69) is 15.1 Å². The molecule has 1 amide bonds. The third kappa shape index (κ3) is 4.48. The van der Waals surface area contributed by atoms with Gasteiger partial charge in [0.05, 0.1) is 5.41 Å². The van der Waals surface area contributed by atoms with E-state index in [0.717, 1.165) is 25.9 Å². The van der Waals surface area contributed by atoms with Crippen molar-refractivity contribution in [3.8, 4) is 0 Å². The van der Waals surface area contributed by atoms with Crippen LogP contribution in [0.1, 0.15) is 26.7 Å². The topological polar surface area (TPSA) is 84.7 Å². The number of nitrogens with zero attached hydrogens (tertiary/aromatic N) is 2. The van der Waals surface area contributed by atoms with Crippen LogP contribution in [0.4, 0.5) is 0 Å². The second-order valence-corrected chi connectivity index (χ2v) is 5.43. The predicted octanol–water partition coefficient (Wildman–Crippen LogP) is 0.431. The number of amides is 1. The van der Waals surface area contributed by atoms with E-state index in [1.807, 2.05) is 7.05 Å². The highest BCUT2D eigenvalue weighted by Gasteiger charge is 2.31. The molecule has 0 unspecified atom stereocenters. The lowest BCUT2D eigenvalue weighted by atomic mass is 9.92. The van der Waals surface area contributed by atoms with Crippen molar-refractivity contribution in [2.24, 2.45) is 5.41 Å². The first-order valence-corrected chi connectivity index (χ1v) is 6.08. The van der Waals surface area contributed by atoms with Crippen LogP contribution in [0.2, 0.25) is 0 Å². The van der Waals surface area contributed by atoms with E-state index in [1.165, 1.54) is 0 Å². The number of hydrogen-bond donors (Lipinski definition) is 1. The van der Waals surface area contributed by atoms with Crippen LogP contribution in [0, 0.1) is 15.5 Å². The third-order valence-corrected chi connectivity index (χ3v) is 3.20. The molecular weight excluding hydrogens is 238 g/mol. The molecule has 1 fully saturated rings. The lowest BCUT2D eigenvalue weighted by Crippen LogP contribution is -2.48. The maximum absolute atomic E-state index is 12.0. The van der Waals surface area contributed by atoms with Gasteiger partial charge >= 0.3 is 0 Å². The molecule has 1 rings (SSSR count). The molecule has 1 heterocycles. The van der Waals surface area contributed by atoms with Crippen LogP contribution in [-0.2, 0) is 9.63 Å². The third-order valence-electron chi connectivity index (χ3n) is 3.20. The van der Waals surface area contributed by atoms with Gasteiger partial charge in [0.15, 0.2) is 0 Å². The number of rotatable bonds is 5. The van der Waals surface area contributed by atoms with Gasteiger partial charge in [-0.25, -0.2) is 0 Å². The summed E-state index contributed by atoms with van der Waals surface area (Å²) in [5.41, 5.74) is -0.892. The van der Waals surface area contributed by atoms with Crippen molar-refractivity contribution in [1.82, 2.24) is 10.2 Å². The molecule has 0 radical (unpaired) electrons. The fraction of sp³-hybridized carbons (Fsp3) is 0.909. The first kappa shape index (κ1) is 14.7. The number of likely N-dealkylation sites (tertiary alicyclic amines) is 1. The molecule has 0 spiro atoms. The van der Waals surface area contributed by atoms with E-state index >= 15 is 0 Å². The summed E-state index contributed by atoms with van der Waals surface area (Å²) in [6.45, 7) is 4.97. The fourth-order valence-electron chi connectivity index (χ4n) is 1.81. The van der Waals surface area contributed by atoms with E-state index < -0.39 is 10.5 Å². The van der Waals surface area contributed by atoms with Gasteiger partial charge in [0.2, 0.25) is 5.91 Å². The maximum atomic E-state index is 12.0. The average molecular weight is 259 g/mol. The Bertz CT molecular complexity index is 311. The van der Waals surface area contributed by atoms with Crippen molar-refractivity contribution in [3.05, 3.63) is 10.1 Å². The summed E-state index contributed by atoms with van der Waals surface area (Å²) in [6, 6.07) is 0.156. The summed E-state index contributed by atoms with van der Waals surface area (Å²) in [5.74, 6) is -0.195. The Kier molecular flexibility index (Phi) is 4.89. The summed E-state index contributed by atoms with van der Waals surface area (Å²) in [7, 11) is 2.05. The highest BCUT2D eigenvalue weighted by Crippen LogP contribution is 2.18. The van der Waals surface area contributed by atoms with Crippen molar-refractivity contribution in [3.63, 3.8) is 0 Å². The molecule has 0 aromatic carbocycles. The molecule has 0 aromatic rings. The zero-order valence-corrected chi connectivity index (χ0v) is 11.1. The number of hydrogen-bond acceptors (Lipinski definition) is 5. The monoisotopic (exact) mass is 259 g/mol. The number of nitrogens with one attached hydrogen (secondary N) is 1. The lowest BCUT2D eigenvalue weighted by Gasteiger charge is -2.32. The van der Waals surface area contributed by atoms with Crippen molar-refractivity contribution >= 4 is 5.91 Å². The van der Waals surface area contributed by atoms with Gasteiger partial charge in [-0.1, -0.05) is 0 Å². The highest BCUT2D eigenvalue weighted by atomic mass is 16.9. The van der Waals surface area contributed by atoms with Crippen molar-refractivity contribution in [2.75, 3.05) is 26.7 Å². The maximum Gasteiger partial charge on any atom is 0.294 e. The average Bonchev–Trinajstić information content (AvgIpc) is 2.29. The van der Waals surface area contributed by atoms with Crippen LogP contribution in [0.25, 0.3) is 0 Å². The standard InChI is InChI=1S/C11H21N3O4/c1-11(2,8-18-14(16)17)10(15)12-9-4-6-13(3)7-5-9/h9H,4-8H2,1-3H3,(H,12,15). The van der Waals surface area contributed by atoms with E-state index in [4.69, 9.17) is 0 Å². The highest BCUT2D eigenvalue weighted by molar-refractivity contribution is 5.82. The Morgan fingerprint density at radius 2 is 2.06 bits per heavy atom. The molecule has 1 aliphatic heterocycles. The normalized spacial score (nSPS) is 18.4. The molecule has 0 saturated carbocycles. The first-order valence-electron chi connectivity index (χ1n) is 6.08. The summed E-state index contributed by atoms with van der Waals surface area (Å²) >= 11 is 0. The Morgan fingerprint density at radius 3 is 2.56 bits per heavy atom.